The molecule has 0 saturated heterocycles. The zero-order chi connectivity index (χ0) is 20.7. The Morgan fingerprint density at radius 1 is 0.778 bits per heavy atom. The summed E-state index contributed by atoms with van der Waals surface area (Å²) in [6, 6.07) is 0. The highest BCUT2D eigenvalue weighted by Gasteiger charge is 2.51. The molecule has 4 atom stereocenters. The quantitative estimate of drug-likeness (QED) is 0.765. The summed E-state index contributed by atoms with van der Waals surface area (Å²) in [6.07, 6.45) is 11.3. The molecule has 152 valence electrons. The van der Waals surface area contributed by atoms with Crippen molar-refractivity contribution < 1.29 is 19.7 Å². The van der Waals surface area contributed by atoms with E-state index in [9.17, 15) is 10.2 Å². The Bertz CT molecular complexity index is 613. The van der Waals surface area contributed by atoms with Gasteiger partial charge in [-0.3, -0.25) is 0 Å². The SMILES string of the molecule is COC1=CC(C(C)(C)C)C(O)(CC2(O)C=CC(OC)=CC2C(C)(C)C)C=C1. The van der Waals surface area contributed by atoms with E-state index in [1.807, 2.05) is 12.2 Å². The molecule has 0 heterocycles. The summed E-state index contributed by atoms with van der Waals surface area (Å²) in [7, 11) is 3.26. The predicted molar refractivity (Wildman–Crippen MR) is 109 cm³/mol. The second kappa shape index (κ2) is 7.14. The zero-order valence-corrected chi connectivity index (χ0v) is 18.0. The van der Waals surface area contributed by atoms with Crippen molar-refractivity contribution in [1.82, 2.24) is 0 Å². The van der Waals surface area contributed by atoms with E-state index < -0.39 is 11.2 Å². The number of methoxy groups -OCH3 is 2. The van der Waals surface area contributed by atoms with Gasteiger partial charge < -0.3 is 19.7 Å². The normalized spacial score (nSPS) is 34.1. The smallest absolute Gasteiger partial charge is 0.115 e. The second-order valence-electron chi connectivity index (χ2n) is 10.1. The molecule has 0 aromatic rings. The van der Waals surface area contributed by atoms with Crippen LogP contribution in [0.25, 0.3) is 0 Å². The highest BCUT2D eigenvalue weighted by Crippen LogP contribution is 2.49. The first-order chi connectivity index (χ1) is 12.2. The zero-order valence-electron chi connectivity index (χ0n) is 18.0. The van der Waals surface area contributed by atoms with E-state index in [2.05, 4.69) is 41.5 Å². The summed E-state index contributed by atoms with van der Waals surface area (Å²) in [6.45, 7) is 12.6. The van der Waals surface area contributed by atoms with Crippen molar-refractivity contribution in [2.45, 2.75) is 59.2 Å². The minimum Gasteiger partial charge on any atom is -0.497 e. The van der Waals surface area contributed by atoms with Crippen LogP contribution in [-0.4, -0.2) is 35.6 Å². The molecule has 0 fully saturated rings. The fraction of sp³-hybridized carbons (Fsp3) is 0.652. The molecule has 0 saturated carbocycles. The molecule has 0 aromatic heterocycles. The largest absolute Gasteiger partial charge is 0.497 e. The molecule has 4 nitrogen and oxygen atoms in total. The summed E-state index contributed by atoms with van der Waals surface area (Å²) < 4.78 is 10.8. The first-order valence-electron chi connectivity index (χ1n) is 9.60. The van der Waals surface area contributed by atoms with E-state index in [1.54, 1.807) is 38.5 Å². The van der Waals surface area contributed by atoms with Crippen LogP contribution in [0.15, 0.2) is 48.0 Å². The van der Waals surface area contributed by atoms with Crippen molar-refractivity contribution in [2.24, 2.45) is 22.7 Å². The molecule has 0 bridgehead atoms. The monoisotopic (exact) mass is 376 g/mol. The van der Waals surface area contributed by atoms with Gasteiger partial charge in [-0.15, -0.1) is 0 Å². The maximum atomic E-state index is 11.7. The van der Waals surface area contributed by atoms with Crippen LogP contribution < -0.4 is 0 Å². The topological polar surface area (TPSA) is 58.9 Å². The lowest BCUT2D eigenvalue weighted by atomic mass is 9.60. The highest BCUT2D eigenvalue weighted by atomic mass is 16.5. The molecule has 2 N–H and O–H groups in total. The maximum absolute atomic E-state index is 11.7. The van der Waals surface area contributed by atoms with Crippen LogP contribution in [0, 0.1) is 22.7 Å². The van der Waals surface area contributed by atoms with Gasteiger partial charge in [0.05, 0.1) is 25.4 Å². The molecule has 0 aliphatic heterocycles. The van der Waals surface area contributed by atoms with Crippen LogP contribution in [0.5, 0.6) is 0 Å². The second-order valence-corrected chi connectivity index (χ2v) is 10.1. The Balaban J connectivity index is 2.45. The van der Waals surface area contributed by atoms with Crippen molar-refractivity contribution in [1.29, 1.82) is 0 Å². The molecular formula is C23H36O4. The Hall–Kier alpha value is -1.52. The lowest BCUT2D eigenvalue weighted by Gasteiger charge is -2.49. The van der Waals surface area contributed by atoms with Gasteiger partial charge in [0.15, 0.2) is 0 Å². The summed E-state index contributed by atoms with van der Waals surface area (Å²) in [5.74, 6) is 1.08. The molecule has 2 aliphatic rings. The third-order valence-corrected chi connectivity index (χ3v) is 5.72. The van der Waals surface area contributed by atoms with Gasteiger partial charge in [0, 0.05) is 18.3 Å². The number of hydrogen-bond acceptors (Lipinski definition) is 4. The van der Waals surface area contributed by atoms with Crippen molar-refractivity contribution in [3.05, 3.63) is 48.0 Å². The lowest BCUT2D eigenvalue weighted by molar-refractivity contribution is -0.0915. The highest BCUT2D eigenvalue weighted by molar-refractivity contribution is 5.33. The van der Waals surface area contributed by atoms with E-state index >= 15 is 0 Å². The van der Waals surface area contributed by atoms with E-state index in [0.29, 0.717) is 0 Å². The molecule has 0 spiro atoms. The van der Waals surface area contributed by atoms with Crippen LogP contribution in [0.3, 0.4) is 0 Å². The average Bonchev–Trinajstić information content (AvgIpc) is 2.53. The van der Waals surface area contributed by atoms with Crippen LogP contribution >= 0.6 is 0 Å². The molecule has 27 heavy (non-hydrogen) atoms. The standard InChI is InChI=1S/C23H36O4/c1-20(2,3)18-13-16(26-7)9-11-22(18,24)15-23(25)12-10-17(27-8)14-19(23)21(4,5)6/h9-14,18-19,24-25H,15H2,1-8H3. The van der Waals surface area contributed by atoms with Gasteiger partial charge in [-0.25, -0.2) is 0 Å². The summed E-state index contributed by atoms with van der Waals surface area (Å²) in [4.78, 5) is 0. The molecule has 4 heteroatoms. The van der Waals surface area contributed by atoms with Crippen LogP contribution in [0.1, 0.15) is 48.0 Å². The van der Waals surface area contributed by atoms with Gasteiger partial charge in [-0.05, 0) is 47.3 Å². The maximum Gasteiger partial charge on any atom is 0.115 e. The lowest BCUT2D eigenvalue weighted by Crippen LogP contribution is -2.53. The number of rotatable bonds is 4. The van der Waals surface area contributed by atoms with E-state index in [4.69, 9.17) is 9.47 Å². The van der Waals surface area contributed by atoms with Crippen molar-refractivity contribution in [3.63, 3.8) is 0 Å². The number of ether oxygens (including phenoxy) is 2. The number of allylic oxidation sites excluding steroid dienone is 2. The third kappa shape index (κ3) is 4.49. The Morgan fingerprint density at radius 2 is 1.11 bits per heavy atom. The first-order valence-corrected chi connectivity index (χ1v) is 9.60. The molecular weight excluding hydrogens is 340 g/mol. The van der Waals surface area contributed by atoms with Crippen LogP contribution in [0.2, 0.25) is 0 Å². The molecule has 2 aliphatic carbocycles. The first kappa shape index (κ1) is 21.8. The Morgan fingerprint density at radius 3 is 1.37 bits per heavy atom. The van der Waals surface area contributed by atoms with Crippen molar-refractivity contribution in [2.75, 3.05) is 14.2 Å². The van der Waals surface area contributed by atoms with Gasteiger partial charge in [0.2, 0.25) is 0 Å². The van der Waals surface area contributed by atoms with Crippen molar-refractivity contribution in [3.8, 4) is 0 Å². The summed E-state index contributed by atoms with van der Waals surface area (Å²) in [5, 5.41) is 23.3. The molecule has 2 rings (SSSR count). The summed E-state index contributed by atoms with van der Waals surface area (Å²) in [5.41, 5.74) is -2.80. The average molecular weight is 377 g/mol. The predicted octanol–water partition coefficient (Wildman–Crippen LogP) is 4.36. The minimum atomic E-state index is -1.19. The molecule has 0 radical (unpaired) electrons. The number of hydrogen-bond donors (Lipinski definition) is 2. The fourth-order valence-electron chi connectivity index (χ4n) is 4.45. The van der Waals surface area contributed by atoms with Gasteiger partial charge in [-0.1, -0.05) is 41.5 Å². The van der Waals surface area contributed by atoms with Gasteiger partial charge in [-0.2, -0.15) is 0 Å². The van der Waals surface area contributed by atoms with E-state index in [-0.39, 0.29) is 29.1 Å². The van der Waals surface area contributed by atoms with Crippen LogP contribution in [0.4, 0.5) is 0 Å². The third-order valence-electron chi connectivity index (χ3n) is 5.72. The molecule has 0 aromatic carbocycles. The molecule has 0 amide bonds. The number of aliphatic hydroxyl groups is 2. The van der Waals surface area contributed by atoms with E-state index in [0.717, 1.165) is 11.5 Å². The van der Waals surface area contributed by atoms with Gasteiger partial charge in [0.1, 0.15) is 11.5 Å². The Labute approximate surface area is 164 Å². The summed E-state index contributed by atoms with van der Waals surface area (Å²) >= 11 is 0. The van der Waals surface area contributed by atoms with Gasteiger partial charge >= 0.3 is 0 Å². The Kier molecular flexibility index (Phi) is 5.76. The van der Waals surface area contributed by atoms with Crippen LogP contribution in [-0.2, 0) is 9.47 Å². The minimum absolute atomic E-state index is 0.192. The van der Waals surface area contributed by atoms with E-state index in [1.165, 1.54) is 0 Å². The fourth-order valence-corrected chi connectivity index (χ4v) is 4.45. The van der Waals surface area contributed by atoms with Gasteiger partial charge in [0.25, 0.3) is 0 Å². The van der Waals surface area contributed by atoms with Crippen molar-refractivity contribution >= 4 is 0 Å². The molecule has 4 unspecified atom stereocenters.